The maximum absolute atomic E-state index is 5.83. The first-order valence-corrected chi connectivity index (χ1v) is 5.14. The van der Waals surface area contributed by atoms with Crippen LogP contribution in [0.1, 0.15) is 11.1 Å². The number of hydrogen-bond acceptors (Lipinski definition) is 0. The lowest BCUT2D eigenvalue weighted by Gasteiger charge is -2.04. The Morgan fingerprint density at radius 2 is 2.09 bits per heavy atom. The van der Waals surface area contributed by atoms with Gasteiger partial charge in [0.25, 0.3) is 0 Å². The largest absolute Gasteiger partial charge is 0.121 e. The molecule has 1 aromatic rings. The summed E-state index contributed by atoms with van der Waals surface area (Å²) in [6.07, 6.45) is 0. The van der Waals surface area contributed by atoms with Gasteiger partial charge in [0.05, 0.1) is 0 Å². The molecule has 0 heterocycles. The fraction of sp³-hybridized carbons (Fsp3) is 0.250. The van der Waals surface area contributed by atoms with Gasteiger partial charge in [-0.15, -0.1) is 11.6 Å². The third kappa shape index (κ3) is 2.23. The van der Waals surface area contributed by atoms with Crippen molar-refractivity contribution in [3.8, 4) is 0 Å². The summed E-state index contributed by atoms with van der Waals surface area (Å²) in [6, 6.07) is 3.86. The second kappa shape index (κ2) is 3.97. The molecule has 0 radical (unpaired) electrons. The van der Waals surface area contributed by atoms with Crippen molar-refractivity contribution in [3.05, 3.63) is 31.9 Å². The highest BCUT2D eigenvalue weighted by atomic mass is 127. The minimum atomic E-state index is 0.557. The molecule has 0 fully saturated rings. The van der Waals surface area contributed by atoms with E-state index >= 15 is 0 Å². The normalized spacial score (nSPS) is 10.2. The summed E-state index contributed by atoms with van der Waals surface area (Å²) < 4.78 is 1.14. The third-order valence-electron chi connectivity index (χ3n) is 1.52. The van der Waals surface area contributed by atoms with E-state index in [1.165, 1.54) is 5.56 Å². The van der Waals surface area contributed by atoms with Crippen LogP contribution in [-0.2, 0) is 5.88 Å². The van der Waals surface area contributed by atoms with Crippen LogP contribution in [0.15, 0.2) is 12.1 Å². The minimum Gasteiger partial charge on any atom is -0.121 e. The maximum atomic E-state index is 5.83. The fourth-order valence-corrected chi connectivity index (χ4v) is 2.89. The topological polar surface area (TPSA) is 0 Å². The van der Waals surface area contributed by atoms with Crippen LogP contribution in [0.3, 0.4) is 0 Å². The molecule has 1 aromatic carbocycles. The molecule has 0 saturated heterocycles. The van der Waals surface area contributed by atoms with Crippen LogP contribution < -0.4 is 0 Å². The van der Waals surface area contributed by atoms with E-state index in [1.807, 2.05) is 19.1 Å². The van der Waals surface area contributed by atoms with E-state index in [2.05, 4.69) is 22.6 Å². The van der Waals surface area contributed by atoms with Crippen LogP contribution in [0.25, 0.3) is 0 Å². The molecule has 0 saturated carbocycles. The first-order valence-electron chi connectivity index (χ1n) is 3.15. The molecule has 60 valence electrons. The first kappa shape index (κ1) is 9.62. The monoisotopic (exact) mass is 300 g/mol. The number of aryl methyl sites for hydroxylation is 1. The van der Waals surface area contributed by atoms with Crippen LogP contribution in [-0.4, -0.2) is 0 Å². The molecule has 0 amide bonds. The van der Waals surface area contributed by atoms with Crippen molar-refractivity contribution in [2.75, 3.05) is 0 Å². The number of hydrogen-bond donors (Lipinski definition) is 0. The van der Waals surface area contributed by atoms with Gasteiger partial charge < -0.3 is 0 Å². The van der Waals surface area contributed by atoms with Gasteiger partial charge in [-0.25, -0.2) is 0 Å². The van der Waals surface area contributed by atoms with E-state index in [-0.39, 0.29) is 0 Å². The van der Waals surface area contributed by atoms with Crippen molar-refractivity contribution in [2.24, 2.45) is 0 Å². The molecule has 0 aromatic heterocycles. The van der Waals surface area contributed by atoms with Gasteiger partial charge in [0.2, 0.25) is 0 Å². The van der Waals surface area contributed by atoms with Crippen molar-refractivity contribution in [3.63, 3.8) is 0 Å². The molecule has 0 nitrogen and oxygen atoms in total. The maximum Gasteiger partial charge on any atom is 0.0487 e. The highest BCUT2D eigenvalue weighted by molar-refractivity contribution is 14.1. The van der Waals surface area contributed by atoms with E-state index in [1.54, 1.807) is 0 Å². The molecule has 0 aliphatic carbocycles. The molecular weight excluding hydrogens is 294 g/mol. The van der Waals surface area contributed by atoms with E-state index < -0.39 is 0 Å². The second-order valence-electron chi connectivity index (χ2n) is 2.32. The Labute approximate surface area is 90.0 Å². The van der Waals surface area contributed by atoms with E-state index in [9.17, 15) is 0 Å². The Morgan fingerprint density at radius 1 is 1.45 bits per heavy atom. The molecule has 0 aliphatic rings. The predicted octanol–water partition coefficient (Wildman–Crippen LogP) is 3.99. The van der Waals surface area contributed by atoms with Gasteiger partial charge in [-0.2, -0.15) is 0 Å². The zero-order valence-electron chi connectivity index (χ0n) is 6.00. The molecule has 0 bridgehead atoms. The van der Waals surface area contributed by atoms with Crippen molar-refractivity contribution in [1.82, 2.24) is 0 Å². The summed E-state index contributed by atoms with van der Waals surface area (Å²) in [5, 5.41) is 0.778. The molecule has 0 atom stereocenters. The average Bonchev–Trinajstić information content (AvgIpc) is 1.85. The number of benzene rings is 1. The summed E-state index contributed by atoms with van der Waals surface area (Å²) in [5.74, 6) is 0.557. The number of alkyl halides is 1. The molecular formula is C8H7Cl2I. The molecule has 0 aliphatic heterocycles. The molecule has 1 rings (SSSR count). The van der Waals surface area contributed by atoms with Crippen LogP contribution in [0.4, 0.5) is 0 Å². The number of rotatable bonds is 1. The summed E-state index contributed by atoms with van der Waals surface area (Å²) in [7, 11) is 0. The Kier molecular flexibility index (Phi) is 3.47. The Balaban J connectivity index is 3.25. The lowest BCUT2D eigenvalue weighted by atomic mass is 10.1. The fourth-order valence-electron chi connectivity index (χ4n) is 0.901. The Morgan fingerprint density at radius 3 is 2.55 bits per heavy atom. The van der Waals surface area contributed by atoms with Crippen molar-refractivity contribution in [2.45, 2.75) is 12.8 Å². The van der Waals surface area contributed by atoms with Crippen molar-refractivity contribution in [1.29, 1.82) is 0 Å². The quantitative estimate of drug-likeness (QED) is 0.543. The predicted molar refractivity (Wildman–Crippen MR) is 58.5 cm³/mol. The summed E-state index contributed by atoms with van der Waals surface area (Å²) in [6.45, 7) is 2.02. The summed E-state index contributed by atoms with van der Waals surface area (Å²) in [4.78, 5) is 0. The molecule has 3 heteroatoms. The van der Waals surface area contributed by atoms with E-state index in [0.717, 1.165) is 14.2 Å². The van der Waals surface area contributed by atoms with E-state index in [4.69, 9.17) is 23.2 Å². The van der Waals surface area contributed by atoms with Gasteiger partial charge in [-0.05, 0) is 52.8 Å². The van der Waals surface area contributed by atoms with E-state index in [0.29, 0.717) is 5.88 Å². The van der Waals surface area contributed by atoms with Crippen LogP contribution >= 0.6 is 45.8 Å². The van der Waals surface area contributed by atoms with Gasteiger partial charge in [0.1, 0.15) is 0 Å². The van der Waals surface area contributed by atoms with Crippen molar-refractivity contribution < 1.29 is 0 Å². The zero-order chi connectivity index (χ0) is 8.43. The lowest BCUT2D eigenvalue weighted by molar-refractivity contribution is 1.27. The van der Waals surface area contributed by atoms with Crippen LogP contribution in [0, 0.1) is 10.5 Å². The standard InChI is InChI=1S/C8H7Cl2I/c1-5-2-6(10)3-8(11)7(5)4-9/h2-3H,4H2,1H3. The Hall–Kier alpha value is 0.530. The number of halogens is 3. The van der Waals surface area contributed by atoms with Gasteiger partial charge in [0.15, 0.2) is 0 Å². The SMILES string of the molecule is Cc1cc(Cl)cc(I)c1CCl. The van der Waals surface area contributed by atoms with Gasteiger partial charge in [0, 0.05) is 14.5 Å². The molecule has 0 spiro atoms. The smallest absolute Gasteiger partial charge is 0.0487 e. The third-order valence-corrected chi connectivity index (χ3v) is 2.96. The van der Waals surface area contributed by atoms with Gasteiger partial charge in [-0.3, -0.25) is 0 Å². The highest BCUT2D eigenvalue weighted by Gasteiger charge is 2.03. The zero-order valence-corrected chi connectivity index (χ0v) is 9.67. The molecule has 0 unspecified atom stereocenters. The average molecular weight is 301 g/mol. The summed E-state index contributed by atoms with van der Waals surface area (Å²) >= 11 is 13.8. The highest BCUT2D eigenvalue weighted by Crippen LogP contribution is 2.23. The lowest BCUT2D eigenvalue weighted by Crippen LogP contribution is -1.89. The van der Waals surface area contributed by atoms with Crippen LogP contribution in [0.5, 0.6) is 0 Å². The summed E-state index contributed by atoms with van der Waals surface area (Å²) in [5.41, 5.74) is 2.34. The first-order chi connectivity index (χ1) is 5.15. The van der Waals surface area contributed by atoms with Gasteiger partial charge >= 0.3 is 0 Å². The molecule has 11 heavy (non-hydrogen) atoms. The van der Waals surface area contributed by atoms with Gasteiger partial charge in [-0.1, -0.05) is 11.6 Å². The minimum absolute atomic E-state index is 0.557. The Bertz CT molecular complexity index is 248. The molecule has 0 N–H and O–H groups in total. The second-order valence-corrected chi connectivity index (χ2v) is 4.18. The van der Waals surface area contributed by atoms with Crippen molar-refractivity contribution >= 4 is 45.8 Å². The van der Waals surface area contributed by atoms with Crippen LogP contribution in [0.2, 0.25) is 5.02 Å².